The van der Waals surface area contributed by atoms with Gasteiger partial charge in [-0.05, 0) is 37.1 Å². The van der Waals surface area contributed by atoms with Crippen molar-refractivity contribution < 1.29 is 5.11 Å². The zero-order valence-corrected chi connectivity index (χ0v) is 7.75. The zero-order valence-electron chi connectivity index (χ0n) is 7.75. The third-order valence-electron chi connectivity index (χ3n) is 2.93. The number of fused-ring (bicyclic) bond motifs is 1. The molecule has 1 saturated carbocycles. The summed E-state index contributed by atoms with van der Waals surface area (Å²) >= 11 is 0. The largest absolute Gasteiger partial charge is 0.508 e. The number of H-pyrrole nitrogens is 1. The zero-order chi connectivity index (χ0) is 9.76. The Kier molecular flexibility index (Phi) is 1.30. The summed E-state index contributed by atoms with van der Waals surface area (Å²) in [6.45, 7) is 0. The van der Waals surface area contributed by atoms with E-state index in [9.17, 15) is 5.11 Å². The Morgan fingerprint density at radius 3 is 2.79 bits per heavy atom. The molecule has 0 radical (unpaired) electrons. The molecule has 1 aliphatic rings. The lowest BCUT2D eigenvalue weighted by molar-refractivity contribution is 0.476. The highest BCUT2D eigenvalue weighted by Crippen LogP contribution is 2.43. The first-order chi connectivity index (χ1) is 6.67. The number of aromatic hydroxyl groups is 1. The van der Waals surface area contributed by atoms with E-state index >= 15 is 0 Å². The second kappa shape index (κ2) is 2.30. The van der Waals surface area contributed by atoms with Crippen LogP contribution in [0.5, 0.6) is 5.75 Å². The highest BCUT2D eigenvalue weighted by atomic mass is 16.3. The molecule has 2 aromatic rings. The van der Waals surface area contributed by atoms with Crippen LogP contribution in [0.1, 0.15) is 18.5 Å². The van der Waals surface area contributed by atoms with Crippen molar-refractivity contribution in [3.05, 3.63) is 30.0 Å². The fraction of sp³-hybridized carbons (Fsp3) is 0.273. The van der Waals surface area contributed by atoms with E-state index in [-0.39, 0.29) is 5.54 Å². The van der Waals surface area contributed by atoms with Crippen LogP contribution in [0, 0.1) is 0 Å². The number of nitrogens with two attached hydrogens (primary N) is 1. The normalized spacial score (nSPS) is 18.6. The molecular formula is C11H12N2O. The van der Waals surface area contributed by atoms with Crippen LogP contribution in [-0.4, -0.2) is 10.1 Å². The van der Waals surface area contributed by atoms with Crippen LogP contribution < -0.4 is 5.73 Å². The van der Waals surface area contributed by atoms with Gasteiger partial charge in [0.05, 0.1) is 5.54 Å². The van der Waals surface area contributed by atoms with E-state index in [1.807, 2.05) is 12.1 Å². The van der Waals surface area contributed by atoms with Gasteiger partial charge in [0.15, 0.2) is 0 Å². The van der Waals surface area contributed by atoms with Crippen LogP contribution in [0.25, 0.3) is 10.9 Å². The molecule has 0 saturated heterocycles. The van der Waals surface area contributed by atoms with Gasteiger partial charge in [-0.1, -0.05) is 0 Å². The molecule has 72 valence electrons. The number of hydrogen-bond acceptors (Lipinski definition) is 2. The molecule has 1 fully saturated rings. The number of rotatable bonds is 1. The number of hydrogen-bond donors (Lipinski definition) is 3. The van der Waals surface area contributed by atoms with Crippen LogP contribution in [0.3, 0.4) is 0 Å². The van der Waals surface area contributed by atoms with E-state index in [2.05, 4.69) is 4.98 Å². The minimum atomic E-state index is -0.130. The standard InChI is InChI=1S/C11H12N2O/c12-11(3-4-11)10-6-7-5-8(14)1-2-9(7)13-10/h1-2,5-6,13-14H,3-4,12H2. The lowest BCUT2D eigenvalue weighted by atomic mass is 10.2. The predicted octanol–water partition coefficient (Wildman–Crippen LogP) is 1.82. The molecule has 0 bridgehead atoms. The molecule has 3 nitrogen and oxygen atoms in total. The van der Waals surface area contributed by atoms with Gasteiger partial charge in [-0.15, -0.1) is 0 Å². The highest BCUT2D eigenvalue weighted by molar-refractivity contribution is 5.82. The van der Waals surface area contributed by atoms with Gasteiger partial charge < -0.3 is 15.8 Å². The highest BCUT2D eigenvalue weighted by Gasteiger charge is 2.41. The first kappa shape index (κ1) is 7.88. The van der Waals surface area contributed by atoms with E-state index in [1.165, 1.54) is 0 Å². The van der Waals surface area contributed by atoms with Crippen molar-refractivity contribution in [2.24, 2.45) is 5.73 Å². The first-order valence-electron chi connectivity index (χ1n) is 4.78. The molecule has 3 heteroatoms. The van der Waals surface area contributed by atoms with Crippen LogP contribution in [-0.2, 0) is 5.54 Å². The van der Waals surface area contributed by atoms with Crippen molar-refractivity contribution in [1.29, 1.82) is 0 Å². The molecule has 0 amide bonds. The van der Waals surface area contributed by atoms with Gasteiger partial charge in [0, 0.05) is 16.6 Å². The summed E-state index contributed by atoms with van der Waals surface area (Å²) in [4.78, 5) is 3.29. The average molecular weight is 188 g/mol. The number of benzene rings is 1. The summed E-state index contributed by atoms with van der Waals surface area (Å²) in [5.74, 6) is 0.296. The molecule has 1 aliphatic carbocycles. The average Bonchev–Trinajstić information content (AvgIpc) is 2.77. The van der Waals surface area contributed by atoms with E-state index < -0.39 is 0 Å². The molecule has 1 heterocycles. The minimum Gasteiger partial charge on any atom is -0.508 e. The van der Waals surface area contributed by atoms with Crippen molar-refractivity contribution in [1.82, 2.24) is 4.98 Å². The van der Waals surface area contributed by atoms with E-state index in [1.54, 1.807) is 12.1 Å². The third kappa shape index (κ3) is 1.02. The number of phenols is 1. The van der Waals surface area contributed by atoms with E-state index in [0.29, 0.717) is 5.75 Å². The van der Waals surface area contributed by atoms with Crippen molar-refractivity contribution in [3.8, 4) is 5.75 Å². The Bertz CT molecular complexity index is 497. The Balaban J connectivity index is 2.20. The minimum absolute atomic E-state index is 0.130. The lowest BCUT2D eigenvalue weighted by Gasteiger charge is -2.03. The quantitative estimate of drug-likeness (QED) is 0.639. The van der Waals surface area contributed by atoms with E-state index in [0.717, 1.165) is 29.4 Å². The smallest absolute Gasteiger partial charge is 0.116 e. The second-order valence-corrected chi connectivity index (χ2v) is 4.11. The van der Waals surface area contributed by atoms with Crippen molar-refractivity contribution in [2.75, 3.05) is 0 Å². The molecule has 3 rings (SSSR count). The summed E-state index contributed by atoms with van der Waals surface area (Å²) in [6, 6.07) is 7.34. The van der Waals surface area contributed by atoms with E-state index in [4.69, 9.17) is 5.73 Å². The van der Waals surface area contributed by atoms with Crippen LogP contribution in [0.15, 0.2) is 24.3 Å². The summed E-state index contributed by atoms with van der Waals surface area (Å²) in [6.07, 6.45) is 2.09. The second-order valence-electron chi connectivity index (χ2n) is 4.11. The van der Waals surface area contributed by atoms with Gasteiger partial charge in [-0.2, -0.15) is 0 Å². The summed E-state index contributed by atoms with van der Waals surface area (Å²) in [5.41, 5.74) is 8.06. The Morgan fingerprint density at radius 1 is 1.29 bits per heavy atom. The molecule has 14 heavy (non-hydrogen) atoms. The van der Waals surface area contributed by atoms with Crippen molar-refractivity contribution in [2.45, 2.75) is 18.4 Å². The summed E-state index contributed by atoms with van der Waals surface area (Å²) in [5, 5.41) is 10.3. The third-order valence-corrected chi connectivity index (χ3v) is 2.93. The molecular weight excluding hydrogens is 176 g/mol. The molecule has 4 N–H and O–H groups in total. The van der Waals surface area contributed by atoms with Gasteiger partial charge in [0.1, 0.15) is 5.75 Å². The van der Waals surface area contributed by atoms with Crippen molar-refractivity contribution >= 4 is 10.9 Å². The number of aromatic nitrogens is 1. The van der Waals surface area contributed by atoms with Crippen LogP contribution in [0.4, 0.5) is 0 Å². The number of aromatic amines is 1. The Morgan fingerprint density at radius 2 is 2.07 bits per heavy atom. The maximum atomic E-state index is 9.31. The predicted molar refractivity (Wildman–Crippen MR) is 55.1 cm³/mol. The monoisotopic (exact) mass is 188 g/mol. The maximum absolute atomic E-state index is 9.31. The van der Waals surface area contributed by atoms with Gasteiger partial charge in [0.2, 0.25) is 0 Å². The fourth-order valence-corrected chi connectivity index (χ4v) is 1.79. The van der Waals surface area contributed by atoms with Gasteiger partial charge in [-0.25, -0.2) is 0 Å². The summed E-state index contributed by atoms with van der Waals surface area (Å²) in [7, 11) is 0. The van der Waals surface area contributed by atoms with Crippen LogP contribution in [0.2, 0.25) is 0 Å². The molecule has 1 aromatic heterocycles. The number of phenolic OH excluding ortho intramolecular Hbond substituents is 1. The van der Waals surface area contributed by atoms with Crippen molar-refractivity contribution in [3.63, 3.8) is 0 Å². The molecule has 0 spiro atoms. The SMILES string of the molecule is NC1(c2cc3cc(O)ccc3[nH]2)CC1. The molecule has 0 unspecified atom stereocenters. The Labute approximate surface area is 81.5 Å². The summed E-state index contributed by atoms with van der Waals surface area (Å²) < 4.78 is 0. The fourth-order valence-electron chi connectivity index (χ4n) is 1.79. The lowest BCUT2D eigenvalue weighted by Crippen LogP contribution is -2.18. The topological polar surface area (TPSA) is 62.0 Å². The van der Waals surface area contributed by atoms with Gasteiger partial charge >= 0.3 is 0 Å². The molecule has 0 aliphatic heterocycles. The molecule has 1 aromatic carbocycles. The van der Waals surface area contributed by atoms with Gasteiger partial charge in [0.25, 0.3) is 0 Å². The maximum Gasteiger partial charge on any atom is 0.116 e. The van der Waals surface area contributed by atoms with Crippen LogP contribution >= 0.6 is 0 Å². The molecule has 0 atom stereocenters. The number of nitrogens with one attached hydrogen (secondary N) is 1. The first-order valence-corrected chi connectivity index (χ1v) is 4.78. The Hall–Kier alpha value is -1.48. The van der Waals surface area contributed by atoms with Gasteiger partial charge in [-0.3, -0.25) is 0 Å².